The Labute approximate surface area is 108 Å². The van der Waals surface area contributed by atoms with Crippen molar-refractivity contribution in [3.05, 3.63) is 35.5 Å². The Morgan fingerprint density at radius 2 is 1.94 bits per heavy atom. The maximum atomic E-state index is 6.07. The van der Waals surface area contributed by atoms with Gasteiger partial charge in [-0.1, -0.05) is 26.0 Å². The molecule has 0 spiro atoms. The number of hydrogen-bond donors (Lipinski definition) is 1. The van der Waals surface area contributed by atoms with Gasteiger partial charge in [0.2, 0.25) is 0 Å². The van der Waals surface area contributed by atoms with Gasteiger partial charge in [-0.3, -0.25) is 0 Å². The lowest BCUT2D eigenvalue weighted by Crippen LogP contribution is -2.08. The molecule has 1 aromatic carbocycles. The molecule has 2 N–H and O–H groups in total. The normalized spacial score (nSPS) is 13.0. The monoisotopic (exact) mass is 244 g/mol. The summed E-state index contributed by atoms with van der Waals surface area (Å²) >= 11 is 0. The SMILES string of the molecule is COc1cccc2c(C(C)N)cc(C(C)C)nc12. The second-order valence-electron chi connectivity index (χ2n) is 4.94. The van der Waals surface area contributed by atoms with E-state index in [0.717, 1.165) is 27.9 Å². The second kappa shape index (κ2) is 4.94. The fourth-order valence-electron chi connectivity index (χ4n) is 2.11. The van der Waals surface area contributed by atoms with Crippen molar-refractivity contribution < 1.29 is 4.74 Å². The first-order valence-corrected chi connectivity index (χ1v) is 6.27. The molecule has 2 rings (SSSR count). The van der Waals surface area contributed by atoms with E-state index < -0.39 is 0 Å². The lowest BCUT2D eigenvalue weighted by molar-refractivity contribution is 0.418. The van der Waals surface area contributed by atoms with Crippen LogP contribution in [0.2, 0.25) is 0 Å². The van der Waals surface area contributed by atoms with Crippen molar-refractivity contribution in [1.82, 2.24) is 4.98 Å². The van der Waals surface area contributed by atoms with Gasteiger partial charge in [-0.2, -0.15) is 0 Å². The third-order valence-electron chi connectivity index (χ3n) is 3.16. The topological polar surface area (TPSA) is 48.1 Å². The van der Waals surface area contributed by atoms with Crippen LogP contribution in [0.1, 0.15) is 44.0 Å². The van der Waals surface area contributed by atoms with E-state index in [1.54, 1.807) is 7.11 Å². The zero-order chi connectivity index (χ0) is 13.3. The van der Waals surface area contributed by atoms with Crippen LogP contribution in [0.3, 0.4) is 0 Å². The fourth-order valence-corrected chi connectivity index (χ4v) is 2.11. The molecule has 0 aliphatic rings. The maximum absolute atomic E-state index is 6.07. The number of benzene rings is 1. The number of pyridine rings is 1. The molecule has 0 amide bonds. The molecule has 1 aromatic heterocycles. The Hall–Kier alpha value is -1.61. The summed E-state index contributed by atoms with van der Waals surface area (Å²) in [5, 5.41) is 1.08. The van der Waals surface area contributed by atoms with E-state index in [-0.39, 0.29) is 6.04 Å². The first-order chi connectivity index (χ1) is 8.54. The van der Waals surface area contributed by atoms with E-state index in [1.165, 1.54) is 0 Å². The van der Waals surface area contributed by atoms with Crippen molar-refractivity contribution in [2.24, 2.45) is 5.73 Å². The number of para-hydroxylation sites is 1. The van der Waals surface area contributed by atoms with Gasteiger partial charge in [0, 0.05) is 17.1 Å². The number of nitrogens with zero attached hydrogens (tertiary/aromatic N) is 1. The summed E-state index contributed by atoms with van der Waals surface area (Å²) in [6.07, 6.45) is 0. The highest BCUT2D eigenvalue weighted by atomic mass is 16.5. The van der Waals surface area contributed by atoms with Gasteiger partial charge in [-0.15, -0.1) is 0 Å². The minimum absolute atomic E-state index is 0.0138. The van der Waals surface area contributed by atoms with E-state index in [0.29, 0.717) is 5.92 Å². The molecule has 0 aliphatic carbocycles. The zero-order valence-electron chi connectivity index (χ0n) is 11.4. The van der Waals surface area contributed by atoms with Gasteiger partial charge in [0.1, 0.15) is 11.3 Å². The quantitative estimate of drug-likeness (QED) is 0.900. The van der Waals surface area contributed by atoms with E-state index in [9.17, 15) is 0 Å². The second-order valence-corrected chi connectivity index (χ2v) is 4.94. The van der Waals surface area contributed by atoms with Crippen LogP contribution in [0.15, 0.2) is 24.3 Å². The molecule has 0 bridgehead atoms. The first kappa shape index (κ1) is 12.8. The van der Waals surface area contributed by atoms with Crippen LogP contribution < -0.4 is 10.5 Å². The molecule has 0 fully saturated rings. The largest absolute Gasteiger partial charge is 0.494 e. The summed E-state index contributed by atoms with van der Waals surface area (Å²) in [4.78, 5) is 4.71. The predicted octanol–water partition coefficient (Wildman–Crippen LogP) is 3.39. The van der Waals surface area contributed by atoms with Crippen molar-refractivity contribution >= 4 is 10.9 Å². The lowest BCUT2D eigenvalue weighted by Gasteiger charge is -2.15. The van der Waals surface area contributed by atoms with Crippen LogP contribution in [0.25, 0.3) is 10.9 Å². The molecule has 96 valence electrons. The van der Waals surface area contributed by atoms with Crippen LogP contribution in [-0.4, -0.2) is 12.1 Å². The molecule has 0 radical (unpaired) electrons. The summed E-state index contributed by atoms with van der Waals surface area (Å²) < 4.78 is 5.39. The molecule has 0 saturated carbocycles. The van der Waals surface area contributed by atoms with Gasteiger partial charge in [0.05, 0.1) is 7.11 Å². The standard InChI is InChI=1S/C15H20N2O/c1-9(2)13-8-12(10(3)16)11-6-5-7-14(18-4)15(11)17-13/h5-10H,16H2,1-4H3. The molecule has 3 heteroatoms. The average Bonchev–Trinajstić information content (AvgIpc) is 2.36. The Balaban J connectivity index is 2.81. The Bertz CT molecular complexity index is 562. The third-order valence-corrected chi connectivity index (χ3v) is 3.16. The van der Waals surface area contributed by atoms with Crippen LogP contribution in [0.5, 0.6) is 5.75 Å². The maximum Gasteiger partial charge on any atom is 0.145 e. The van der Waals surface area contributed by atoms with Crippen LogP contribution in [0.4, 0.5) is 0 Å². The average molecular weight is 244 g/mol. The fraction of sp³-hybridized carbons (Fsp3) is 0.400. The Morgan fingerprint density at radius 3 is 2.50 bits per heavy atom. The van der Waals surface area contributed by atoms with E-state index in [4.69, 9.17) is 15.5 Å². The third kappa shape index (κ3) is 2.18. The molecular weight excluding hydrogens is 224 g/mol. The summed E-state index contributed by atoms with van der Waals surface area (Å²) in [6.45, 7) is 6.27. The van der Waals surface area contributed by atoms with Crippen LogP contribution in [-0.2, 0) is 0 Å². The molecular formula is C15H20N2O. The van der Waals surface area contributed by atoms with Gasteiger partial charge in [0.15, 0.2) is 0 Å². The summed E-state index contributed by atoms with van der Waals surface area (Å²) in [5.41, 5.74) is 9.16. The molecule has 0 aliphatic heterocycles. The molecule has 0 saturated heterocycles. The highest BCUT2D eigenvalue weighted by Gasteiger charge is 2.13. The van der Waals surface area contributed by atoms with Gasteiger partial charge in [0.25, 0.3) is 0 Å². The molecule has 1 heterocycles. The number of fused-ring (bicyclic) bond motifs is 1. The van der Waals surface area contributed by atoms with Crippen molar-refractivity contribution in [3.63, 3.8) is 0 Å². The number of methoxy groups -OCH3 is 1. The molecule has 2 aromatic rings. The van der Waals surface area contributed by atoms with Crippen LogP contribution in [0, 0.1) is 0 Å². The molecule has 1 atom stereocenters. The van der Waals surface area contributed by atoms with Gasteiger partial charge < -0.3 is 10.5 Å². The molecule has 1 unspecified atom stereocenters. The zero-order valence-corrected chi connectivity index (χ0v) is 11.4. The first-order valence-electron chi connectivity index (χ1n) is 6.27. The smallest absolute Gasteiger partial charge is 0.145 e. The minimum Gasteiger partial charge on any atom is -0.494 e. The van der Waals surface area contributed by atoms with E-state index in [1.807, 2.05) is 25.1 Å². The summed E-state index contributed by atoms with van der Waals surface area (Å²) in [6, 6.07) is 8.05. The summed E-state index contributed by atoms with van der Waals surface area (Å²) in [5.74, 6) is 1.17. The van der Waals surface area contributed by atoms with Crippen molar-refractivity contribution in [3.8, 4) is 5.75 Å². The Morgan fingerprint density at radius 1 is 1.22 bits per heavy atom. The van der Waals surface area contributed by atoms with Crippen molar-refractivity contribution in [2.45, 2.75) is 32.7 Å². The number of hydrogen-bond acceptors (Lipinski definition) is 3. The number of aromatic nitrogens is 1. The summed E-state index contributed by atoms with van der Waals surface area (Å²) in [7, 11) is 1.67. The number of nitrogens with two attached hydrogens (primary N) is 1. The van der Waals surface area contributed by atoms with Gasteiger partial charge >= 0.3 is 0 Å². The van der Waals surface area contributed by atoms with Crippen molar-refractivity contribution in [2.75, 3.05) is 7.11 Å². The highest BCUT2D eigenvalue weighted by molar-refractivity contribution is 5.88. The number of rotatable bonds is 3. The number of ether oxygens (including phenoxy) is 1. The van der Waals surface area contributed by atoms with E-state index >= 15 is 0 Å². The minimum atomic E-state index is -0.0138. The lowest BCUT2D eigenvalue weighted by atomic mass is 9.99. The van der Waals surface area contributed by atoms with Gasteiger partial charge in [-0.25, -0.2) is 4.98 Å². The Kier molecular flexibility index (Phi) is 3.53. The van der Waals surface area contributed by atoms with E-state index in [2.05, 4.69) is 19.9 Å². The molecule has 18 heavy (non-hydrogen) atoms. The van der Waals surface area contributed by atoms with Crippen molar-refractivity contribution in [1.29, 1.82) is 0 Å². The highest BCUT2D eigenvalue weighted by Crippen LogP contribution is 2.31. The van der Waals surface area contributed by atoms with Crippen LogP contribution >= 0.6 is 0 Å². The van der Waals surface area contributed by atoms with Gasteiger partial charge in [-0.05, 0) is 30.5 Å². The predicted molar refractivity (Wildman–Crippen MR) is 75.0 cm³/mol. The molecule has 3 nitrogen and oxygen atoms in total.